The zero-order chi connectivity index (χ0) is 14.5. The molecule has 1 fully saturated rings. The monoisotopic (exact) mass is 277 g/mol. The third-order valence-corrected chi connectivity index (χ3v) is 3.20. The molecular formula is C14H19N3O3. The summed E-state index contributed by atoms with van der Waals surface area (Å²) in [7, 11) is 0. The van der Waals surface area contributed by atoms with E-state index in [-0.39, 0.29) is 11.6 Å². The Morgan fingerprint density at radius 1 is 1.55 bits per heavy atom. The zero-order valence-electron chi connectivity index (χ0n) is 11.5. The number of nitrogens with one attached hydrogen (secondary N) is 2. The van der Waals surface area contributed by atoms with Crippen molar-refractivity contribution in [1.82, 2.24) is 0 Å². The molecule has 0 atom stereocenters. The van der Waals surface area contributed by atoms with Crippen LogP contribution in [0.15, 0.2) is 18.2 Å². The van der Waals surface area contributed by atoms with Crippen LogP contribution in [0.4, 0.5) is 11.4 Å². The minimum Gasteiger partial charge on any atom is -0.362 e. The number of hydrogen-bond acceptors (Lipinski definition) is 5. The fourth-order valence-electron chi connectivity index (χ4n) is 1.96. The fraction of sp³-hybridized carbons (Fsp3) is 0.500. The number of benzene rings is 1. The first kappa shape index (κ1) is 14.5. The molecule has 1 aliphatic carbocycles. The Kier molecular flexibility index (Phi) is 4.68. The summed E-state index contributed by atoms with van der Waals surface area (Å²) < 4.78 is 5.36. The zero-order valence-corrected chi connectivity index (χ0v) is 11.5. The lowest BCUT2D eigenvalue weighted by molar-refractivity contribution is -0.384. The van der Waals surface area contributed by atoms with E-state index in [0.29, 0.717) is 24.6 Å². The molecule has 2 rings (SSSR count). The van der Waals surface area contributed by atoms with Gasteiger partial charge in [0, 0.05) is 41.6 Å². The standard InChI is InChI=1S/C14H19N3O3/c1-2-7-20-9-16-13-6-5-11(17(18)19)8-12(13)14(15)10-3-4-10/h5-6,8,10,15-16H,2-4,7,9H2,1H3. The van der Waals surface area contributed by atoms with E-state index < -0.39 is 4.92 Å². The molecule has 1 aliphatic rings. The van der Waals surface area contributed by atoms with Crippen molar-refractivity contribution in [3.05, 3.63) is 33.9 Å². The molecule has 1 aromatic rings. The summed E-state index contributed by atoms with van der Waals surface area (Å²) in [6.07, 6.45) is 2.92. The molecule has 1 saturated carbocycles. The number of rotatable bonds is 8. The van der Waals surface area contributed by atoms with Crippen molar-refractivity contribution in [2.75, 3.05) is 18.7 Å². The molecule has 0 spiro atoms. The average Bonchev–Trinajstić information content (AvgIpc) is 3.27. The van der Waals surface area contributed by atoms with Crippen LogP contribution in [-0.4, -0.2) is 24.0 Å². The van der Waals surface area contributed by atoms with Gasteiger partial charge in [-0.2, -0.15) is 0 Å². The number of nitro benzene ring substituents is 1. The molecule has 0 unspecified atom stereocenters. The molecular weight excluding hydrogens is 258 g/mol. The highest BCUT2D eigenvalue weighted by molar-refractivity contribution is 6.06. The van der Waals surface area contributed by atoms with Crippen molar-refractivity contribution in [3.8, 4) is 0 Å². The Morgan fingerprint density at radius 3 is 2.90 bits per heavy atom. The Balaban J connectivity index is 2.15. The first-order chi connectivity index (χ1) is 9.63. The summed E-state index contributed by atoms with van der Waals surface area (Å²) >= 11 is 0. The lowest BCUT2D eigenvalue weighted by atomic mass is 10.0. The van der Waals surface area contributed by atoms with E-state index in [1.807, 2.05) is 6.92 Å². The predicted octanol–water partition coefficient (Wildman–Crippen LogP) is 3.17. The van der Waals surface area contributed by atoms with Gasteiger partial charge in [-0.1, -0.05) is 6.92 Å². The molecule has 2 N–H and O–H groups in total. The Hall–Kier alpha value is -1.95. The number of hydrogen-bond donors (Lipinski definition) is 2. The van der Waals surface area contributed by atoms with Crippen molar-refractivity contribution >= 4 is 17.1 Å². The maximum atomic E-state index is 10.9. The molecule has 0 amide bonds. The molecule has 108 valence electrons. The molecule has 1 aromatic carbocycles. The van der Waals surface area contributed by atoms with E-state index in [4.69, 9.17) is 10.1 Å². The lowest BCUT2D eigenvalue weighted by Crippen LogP contribution is -2.12. The van der Waals surface area contributed by atoms with Crippen LogP contribution < -0.4 is 5.32 Å². The molecule has 0 radical (unpaired) electrons. The summed E-state index contributed by atoms with van der Waals surface area (Å²) in [5.41, 5.74) is 1.84. The van der Waals surface area contributed by atoms with Gasteiger partial charge in [0.05, 0.1) is 4.92 Å². The maximum absolute atomic E-state index is 10.9. The van der Waals surface area contributed by atoms with Gasteiger partial charge in [-0.3, -0.25) is 10.1 Å². The van der Waals surface area contributed by atoms with Gasteiger partial charge in [-0.25, -0.2) is 0 Å². The minimum atomic E-state index is -0.430. The van der Waals surface area contributed by atoms with Crippen LogP contribution in [-0.2, 0) is 4.74 Å². The Labute approximate surface area is 117 Å². The summed E-state index contributed by atoms with van der Waals surface area (Å²) in [6, 6.07) is 4.58. The normalized spacial score (nSPS) is 14.1. The number of nitrogens with zero attached hydrogens (tertiary/aromatic N) is 1. The van der Waals surface area contributed by atoms with Crippen molar-refractivity contribution in [1.29, 1.82) is 5.41 Å². The number of ether oxygens (including phenoxy) is 1. The average molecular weight is 277 g/mol. The second-order valence-corrected chi connectivity index (χ2v) is 4.90. The topological polar surface area (TPSA) is 88.2 Å². The van der Waals surface area contributed by atoms with Crippen LogP contribution in [0.5, 0.6) is 0 Å². The number of nitro groups is 1. The Bertz CT molecular complexity index is 512. The van der Waals surface area contributed by atoms with E-state index >= 15 is 0 Å². The molecule has 0 heterocycles. The number of non-ortho nitro benzene ring substituents is 1. The second-order valence-electron chi connectivity index (χ2n) is 4.90. The summed E-state index contributed by atoms with van der Waals surface area (Å²) in [6.45, 7) is 3.03. The van der Waals surface area contributed by atoms with Crippen LogP contribution in [0.3, 0.4) is 0 Å². The van der Waals surface area contributed by atoms with Crippen molar-refractivity contribution in [3.63, 3.8) is 0 Å². The van der Waals surface area contributed by atoms with Crippen molar-refractivity contribution in [2.24, 2.45) is 5.92 Å². The van der Waals surface area contributed by atoms with Crippen molar-refractivity contribution < 1.29 is 9.66 Å². The maximum Gasteiger partial charge on any atom is 0.270 e. The first-order valence-corrected chi connectivity index (χ1v) is 6.82. The van der Waals surface area contributed by atoms with Crippen LogP contribution in [0.1, 0.15) is 31.7 Å². The summed E-state index contributed by atoms with van der Waals surface area (Å²) in [5.74, 6) is 0.245. The highest BCUT2D eigenvalue weighted by atomic mass is 16.6. The summed E-state index contributed by atoms with van der Waals surface area (Å²) in [5, 5.41) is 22.1. The van der Waals surface area contributed by atoms with Crippen LogP contribution in [0.25, 0.3) is 0 Å². The third kappa shape index (κ3) is 3.54. The largest absolute Gasteiger partial charge is 0.362 e. The molecule has 0 bridgehead atoms. The van der Waals surface area contributed by atoms with Crippen LogP contribution in [0.2, 0.25) is 0 Å². The Morgan fingerprint density at radius 2 is 2.30 bits per heavy atom. The van der Waals surface area contributed by atoms with E-state index in [2.05, 4.69) is 5.32 Å². The molecule has 6 heteroatoms. The second kappa shape index (κ2) is 6.47. The van der Waals surface area contributed by atoms with Gasteiger partial charge in [0.2, 0.25) is 0 Å². The van der Waals surface area contributed by atoms with Gasteiger partial charge in [-0.05, 0) is 25.3 Å². The predicted molar refractivity (Wildman–Crippen MR) is 77.4 cm³/mol. The SMILES string of the molecule is CCCOCNc1ccc([N+](=O)[O-])cc1C(=N)C1CC1. The van der Waals surface area contributed by atoms with Gasteiger partial charge < -0.3 is 15.5 Å². The van der Waals surface area contributed by atoms with Gasteiger partial charge in [0.15, 0.2) is 0 Å². The lowest BCUT2D eigenvalue weighted by Gasteiger charge is -2.12. The molecule has 0 aliphatic heterocycles. The minimum absolute atomic E-state index is 0.0189. The number of anilines is 1. The fourth-order valence-corrected chi connectivity index (χ4v) is 1.96. The van der Waals surface area contributed by atoms with Crippen LogP contribution >= 0.6 is 0 Å². The highest BCUT2D eigenvalue weighted by Crippen LogP contribution is 2.35. The van der Waals surface area contributed by atoms with E-state index in [1.54, 1.807) is 6.07 Å². The molecule has 6 nitrogen and oxygen atoms in total. The smallest absolute Gasteiger partial charge is 0.270 e. The molecule has 0 aromatic heterocycles. The van der Waals surface area contributed by atoms with E-state index in [1.165, 1.54) is 12.1 Å². The van der Waals surface area contributed by atoms with Gasteiger partial charge >= 0.3 is 0 Å². The first-order valence-electron chi connectivity index (χ1n) is 6.82. The molecule has 20 heavy (non-hydrogen) atoms. The van der Waals surface area contributed by atoms with E-state index in [9.17, 15) is 10.1 Å². The highest BCUT2D eigenvalue weighted by Gasteiger charge is 2.29. The van der Waals surface area contributed by atoms with Gasteiger partial charge in [-0.15, -0.1) is 0 Å². The van der Waals surface area contributed by atoms with Gasteiger partial charge in [0.1, 0.15) is 6.73 Å². The summed E-state index contributed by atoms with van der Waals surface area (Å²) in [4.78, 5) is 10.4. The third-order valence-electron chi connectivity index (χ3n) is 3.20. The van der Waals surface area contributed by atoms with Gasteiger partial charge in [0.25, 0.3) is 5.69 Å². The van der Waals surface area contributed by atoms with Crippen LogP contribution in [0, 0.1) is 21.4 Å². The molecule has 0 saturated heterocycles. The van der Waals surface area contributed by atoms with Crippen molar-refractivity contribution in [2.45, 2.75) is 26.2 Å². The quantitative estimate of drug-likeness (QED) is 0.251. The van der Waals surface area contributed by atoms with E-state index in [0.717, 1.165) is 24.9 Å².